The van der Waals surface area contributed by atoms with Crippen molar-refractivity contribution in [2.45, 2.75) is 6.92 Å². The van der Waals surface area contributed by atoms with Gasteiger partial charge < -0.3 is 14.6 Å². The number of hydrogen-bond donors (Lipinski definition) is 1. The molecule has 6 nitrogen and oxygen atoms in total. The number of anilines is 1. The van der Waals surface area contributed by atoms with Crippen molar-refractivity contribution in [2.24, 2.45) is 7.05 Å². The zero-order valence-electron chi connectivity index (χ0n) is 13.7. The van der Waals surface area contributed by atoms with Crippen LogP contribution in [-0.4, -0.2) is 27.1 Å². The lowest BCUT2D eigenvalue weighted by molar-refractivity contribution is 0.0984. The number of aromatic nitrogens is 2. The van der Waals surface area contributed by atoms with Gasteiger partial charge in [0.15, 0.2) is 0 Å². The number of halogens is 1. The van der Waals surface area contributed by atoms with E-state index in [-0.39, 0.29) is 16.0 Å². The maximum Gasteiger partial charge on any atom is 0.267 e. The van der Waals surface area contributed by atoms with Gasteiger partial charge in [0.2, 0.25) is 0 Å². The molecule has 1 N–H and O–H groups in total. The van der Waals surface area contributed by atoms with E-state index in [4.69, 9.17) is 11.6 Å². The van der Waals surface area contributed by atoms with E-state index in [1.165, 1.54) is 9.47 Å². The van der Waals surface area contributed by atoms with Crippen LogP contribution >= 0.6 is 11.6 Å². The third-order valence-corrected chi connectivity index (χ3v) is 4.41. The van der Waals surface area contributed by atoms with E-state index in [1.807, 2.05) is 0 Å². The van der Waals surface area contributed by atoms with Crippen LogP contribution in [0.25, 0.3) is 10.9 Å². The molecule has 128 valence electrons. The van der Waals surface area contributed by atoms with Gasteiger partial charge in [-0.15, -0.1) is 0 Å². The van der Waals surface area contributed by atoms with Gasteiger partial charge in [0, 0.05) is 31.7 Å². The van der Waals surface area contributed by atoms with Crippen molar-refractivity contribution in [3.05, 3.63) is 63.7 Å². The molecular formula is C18H16ClN3O3. The van der Waals surface area contributed by atoms with Crippen LogP contribution in [0.4, 0.5) is 5.69 Å². The molecule has 1 amide bonds. The lowest BCUT2D eigenvalue weighted by Gasteiger charge is -2.22. The van der Waals surface area contributed by atoms with Gasteiger partial charge in [-0.1, -0.05) is 17.7 Å². The normalized spacial score (nSPS) is 10.8. The Morgan fingerprint density at radius 1 is 1.28 bits per heavy atom. The Hall–Kier alpha value is -2.86. The Kier molecular flexibility index (Phi) is 4.46. The standard InChI is InChI=1S/C18H16ClN3O3/c1-3-22(11-7-9-20-10-8-11)18(25)15-16(23)14-12(19)5-4-6-13(14)21(2)17(15)24/h4-10,23H,3H2,1-2H3. The molecule has 0 bridgehead atoms. The average Bonchev–Trinajstić information content (AvgIpc) is 2.61. The number of fused-ring (bicyclic) bond motifs is 1. The Balaban J connectivity index is 2.27. The molecule has 0 fully saturated rings. The predicted octanol–water partition coefficient (Wildman–Crippen LogP) is 2.96. The highest BCUT2D eigenvalue weighted by molar-refractivity contribution is 6.36. The highest BCUT2D eigenvalue weighted by atomic mass is 35.5. The topological polar surface area (TPSA) is 75.4 Å². The number of hydrogen-bond acceptors (Lipinski definition) is 4. The van der Waals surface area contributed by atoms with Crippen LogP contribution in [0.1, 0.15) is 17.3 Å². The molecule has 0 aliphatic carbocycles. The van der Waals surface area contributed by atoms with Gasteiger partial charge in [0.25, 0.3) is 11.5 Å². The maximum absolute atomic E-state index is 13.0. The number of amides is 1. The quantitative estimate of drug-likeness (QED) is 0.782. The van der Waals surface area contributed by atoms with Crippen LogP contribution in [0.5, 0.6) is 5.75 Å². The zero-order valence-corrected chi connectivity index (χ0v) is 14.5. The second-order valence-corrected chi connectivity index (χ2v) is 5.88. The first-order valence-corrected chi connectivity index (χ1v) is 8.07. The number of nitrogens with zero attached hydrogens (tertiary/aromatic N) is 3. The fourth-order valence-electron chi connectivity index (χ4n) is 2.83. The minimum Gasteiger partial charge on any atom is -0.506 e. The van der Waals surface area contributed by atoms with Crippen molar-refractivity contribution in [3.8, 4) is 5.75 Å². The van der Waals surface area contributed by atoms with Gasteiger partial charge in [-0.25, -0.2) is 0 Å². The Morgan fingerprint density at radius 2 is 1.96 bits per heavy atom. The summed E-state index contributed by atoms with van der Waals surface area (Å²) in [7, 11) is 1.54. The molecule has 2 aromatic heterocycles. The number of pyridine rings is 2. The zero-order chi connectivity index (χ0) is 18.1. The molecule has 0 spiro atoms. The molecule has 0 saturated heterocycles. The van der Waals surface area contributed by atoms with Gasteiger partial charge in [-0.2, -0.15) is 0 Å². The average molecular weight is 358 g/mol. The van der Waals surface area contributed by atoms with Crippen molar-refractivity contribution in [2.75, 3.05) is 11.4 Å². The second kappa shape index (κ2) is 6.57. The molecule has 0 aliphatic rings. The molecule has 0 aliphatic heterocycles. The second-order valence-electron chi connectivity index (χ2n) is 5.48. The third kappa shape index (κ3) is 2.74. The summed E-state index contributed by atoms with van der Waals surface area (Å²) in [5.74, 6) is -0.991. The summed E-state index contributed by atoms with van der Waals surface area (Å²) in [6, 6.07) is 8.27. The SMILES string of the molecule is CCN(C(=O)c1c(O)c2c(Cl)cccc2n(C)c1=O)c1ccncc1. The van der Waals surface area contributed by atoms with E-state index in [0.717, 1.165) is 0 Å². The van der Waals surface area contributed by atoms with Gasteiger partial charge in [0.05, 0.1) is 15.9 Å². The number of aromatic hydroxyl groups is 1. The molecule has 0 unspecified atom stereocenters. The molecule has 3 aromatic rings. The number of rotatable bonds is 3. The van der Waals surface area contributed by atoms with Crippen LogP contribution in [0.3, 0.4) is 0 Å². The van der Waals surface area contributed by atoms with Gasteiger partial charge in [-0.3, -0.25) is 14.6 Å². The van der Waals surface area contributed by atoms with Crippen LogP contribution in [0.15, 0.2) is 47.5 Å². The first-order valence-electron chi connectivity index (χ1n) is 7.69. The lowest BCUT2D eigenvalue weighted by Crippen LogP contribution is -2.36. The Bertz CT molecular complexity index is 1020. The largest absolute Gasteiger partial charge is 0.506 e. The summed E-state index contributed by atoms with van der Waals surface area (Å²) in [5, 5.41) is 11.2. The van der Waals surface area contributed by atoms with Crippen molar-refractivity contribution in [1.82, 2.24) is 9.55 Å². The number of carbonyl (C=O) groups excluding carboxylic acids is 1. The molecule has 25 heavy (non-hydrogen) atoms. The monoisotopic (exact) mass is 357 g/mol. The van der Waals surface area contributed by atoms with Crippen LogP contribution < -0.4 is 10.5 Å². The minimum absolute atomic E-state index is 0.270. The molecule has 3 rings (SSSR count). The summed E-state index contributed by atoms with van der Waals surface area (Å²) < 4.78 is 1.31. The number of aryl methyl sites for hydroxylation is 1. The van der Waals surface area contributed by atoms with Crippen LogP contribution in [0, 0.1) is 0 Å². The fraction of sp³-hybridized carbons (Fsp3) is 0.167. The Morgan fingerprint density at radius 3 is 2.60 bits per heavy atom. The molecule has 2 heterocycles. The smallest absolute Gasteiger partial charge is 0.267 e. The molecule has 1 aromatic carbocycles. The first kappa shape index (κ1) is 17.0. The van der Waals surface area contributed by atoms with E-state index in [0.29, 0.717) is 17.7 Å². The molecule has 0 radical (unpaired) electrons. The Labute approximate surface area is 148 Å². The van der Waals surface area contributed by atoms with Crippen molar-refractivity contribution in [1.29, 1.82) is 0 Å². The third-order valence-electron chi connectivity index (χ3n) is 4.09. The van der Waals surface area contributed by atoms with Crippen molar-refractivity contribution < 1.29 is 9.90 Å². The number of benzene rings is 1. The maximum atomic E-state index is 13.0. The highest BCUT2D eigenvalue weighted by Crippen LogP contribution is 2.33. The van der Waals surface area contributed by atoms with E-state index >= 15 is 0 Å². The fourth-order valence-corrected chi connectivity index (χ4v) is 3.08. The van der Waals surface area contributed by atoms with E-state index in [2.05, 4.69) is 4.98 Å². The summed E-state index contributed by atoms with van der Waals surface area (Å²) in [6.45, 7) is 2.11. The van der Waals surface area contributed by atoms with Gasteiger partial charge in [-0.05, 0) is 31.2 Å². The predicted molar refractivity (Wildman–Crippen MR) is 97.5 cm³/mol. The molecule has 0 saturated carbocycles. The van der Waals surface area contributed by atoms with E-state index < -0.39 is 17.2 Å². The first-order chi connectivity index (χ1) is 12.0. The van der Waals surface area contributed by atoms with E-state index in [9.17, 15) is 14.7 Å². The number of carbonyl (C=O) groups is 1. The van der Waals surface area contributed by atoms with Gasteiger partial charge in [0.1, 0.15) is 11.3 Å². The van der Waals surface area contributed by atoms with Crippen LogP contribution in [0.2, 0.25) is 5.02 Å². The summed E-state index contributed by atoms with van der Waals surface area (Å²) >= 11 is 6.19. The lowest BCUT2D eigenvalue weighted by atomic mass is 10.1. The summed E-state index contributed by atoms with van der Waals surface area (Å²) in [5.41, 5.74) is 0.160. The van der Waals surface area contributed by atoms with Crippen LogP contribution in [-0.2, 0) is 7.05 Å². The highest BCUT2D eigenvalue weighted by Gasteiger charge is 2.26. The van der Waals surface area contributed by atoms with E-state index in [1.54, 1.807) is 56.7 Å². The summed E-state index contributed by atoms with van der Waals surface area (Å²) in [4.78, 5) is 31.1. The molecule has 7 heteroatoms. The molecular weight excluding hydrogens is 342 g/mol. The van der Waals surface area contributed by atoms with Crippen molar-refractivity contribution in [3.63, 3.8) is 0 Å². The van der Waals surface area contributed by atoms with Gasteiger partial charge >= 0.3 is 0 Å². The molecule has 0 atom stereocenters. The van der Waals surface area contributed by atoms with Crippen molar-refractivity contribution >= 4 is 34.1 Å². The minimum atomic E-state index is -0.589. The summed E-state index contributed by atoms with van der Waals surface area (Å²) in [6.07, 6.45) is 3.11.